The number of amidine groups is 1. The molecule has 0 amide bonds. The molecule has 4 aromatic rings. The fourth-order valence-electron chi connectivity index (χ4n) is 4.11. The zero-order valence-electron chi connectivity index (χ0n) is 18.3. The summed E-state index contributed by atoms with van der Waals surface area (Å²) in [7, 11) is 0. The van der Waals surface area contributed by atoms with Crippen LogP contribution in [0, 0.1) is 5.82 Å². The van der Waals surface area contributed by atoms with E-state index in [0.29, 0.717) is 33.2 Å². The van der Waals surface area contributed by atoms with Crippen LogP contribution in [-0.4, -0.2) is 21.6 Å². The van der Waals surface area contributed by atoms with Crippen LogP contribution in [-0.2, 0) is 0 Å². The molecule has 0 saturated heterocycles. The Morgan fingerprint density at radius 1 is 0.914 bits per heavy atom. The highest BCUT2D eigenvalue weighted by atomic mass is 79.9. The largest absolute Gasteiger partial charge is 0.268 e. The lowest BCUT2D eigenvalue weighted by Crippen LogP contribution is -2.53. The van der Waals surface area contributed by atoms with Crippen LogP contribution in [0.25, 0.3) is 22.2 Å². The summed E-state index contributed by atoms with van der Waals surface area (Å²) in [6, 6.07) is 25.0. The summed E-state index contributed by atoms with van der Waals surface area (Å²) in [5, 5.41) is 1.38. The number of hydrogen-bond acceptors (Lipinski definition) is 5. The number of nitrogens with zero attached hydrogens (tertiary/aromatic N) is 4. The van der Waals surface area contributed by atoms with Gasteiger partial charge in [0.2, 0.25) is 5.70 Å². The number of nitrogens with two attached hydrogens (primary N) is 1. The molecule has 0 bridgehead atoms. The third-order valence-electron chi connectivity index (χ3n) is 5.90. The fourth-order valence-corrected chi connectivity index (χ4v) is 5.31. The van der Waals surface area contributed by atoms with Crippen molar-refractivity contribution < 1.29 is 8.98 Å². The highest BCUT2D eigenvalue weighted by Gasteiger charge is 2.45. The molecule has 1 aromatic heterocycles. The summed E-state index contributed by atoms with van der Waals surface area (Å²) in [5.74, 6) is 6.74. The van der Waals surface area contributed by atoms with Crippen molar-refractivity contribution in [2.75, 3.05) is 0 Å². The van der Waals surface area contributed by atoms with E-state index in [9.17, 15) is 0 Å². The number of quaternary nitrogens is 1. The van der Waals surface area contributed by atoms with Gasteiger partial charge in [-0.15, -0.1) is 4.59 Å². The van der Waals surface area contributed by atoms with Crippen molar-refractivity contribution in [2.45, 2.75) is 4.90 Å². The van der Waals surface area contributed by atoms with Crippen molar-refractivity contribution in [3.05, 3.63) is 118 Å². The topological polar surface area (TPSA) is 63.6 Å². The summed E-state index contributed by atoms with van der Waals surface area (Å²) in [4.78, 5) is 14.7. The molecule has 8 heteroatoms. The van der Waals surface area contributed by atoms with Crippen LogP contribution in [0.5, 0.6) is 0 Å². The Morgan fingerprint density at radius 3 is 2.49 bits per heavy atom. The minimum atomic E-state index is -0.452. The van der Waals surface area contributed by atoms with E-state index in [1.807, 2.05) is 72.8 Å². The van der Waals surface area contributed by atoms with Crippen molar-refractivity contribution in [1.82, 2.24) is 4.98 Å². The molecule has 2 N–H and O–H groups in total. The monoisotopic (exact) mass is 542 g/mol. The fraction of sp³-hybridized carbons (Fsp3) is 0. The van der Waals surface area contributed by atoms with Crippen LogP contribution in [0.2, 0.25) is 0 Å². The van der Waals surface area contributed by atoms with Gasteiger partial charge < -0.3 is 0 Å². The van der Waals surface area contributed by atoms with Crippen LogP contribution in [0.15, 0.2) is 121 Å². The molecule has 1 atom stereocenters. The quantitative estimate of drug-likeness (QED) is 0.228. The molecule has 2 aliphatic heterocycles. The number of pyridine rings is 1. The van der Waals surface area contributed by atoms with Gasteiger partial charge in [-0.1, -0.05) is 70.2 Å². The molecule has 0 radical (unpaired) electrons. The van der Waals surface area contributed by atoms with Crippen LogP contribution < -0.4 is 5.84 Å². The summed E-state index contributed by atoms with van der Waals surface area (Å²) >= 11 is 4.92. The average Bonchev–Trinajstić information content (AvgIpc) is 3.18. The SMILES string of the molecule is N[N+]12C=CN=CC1=C(Sc1ccc(Br)cc1)N=C2c1ccc2ccc(-c3ccccc3)nc2c1F. The summed E-state index contributed by atoms with van der Waals surface area (Å²) in [6.45, 7) is 0. The molecule has 1 unspecified atom stereocenters. The average molecular weight is 543 g/mol. The Morgan fingerprint density at radius 2 is 1.69 bits per heavy atom. The van der Waals surface area contributed by atoms with Crippen molar-refractivity contribution >= 4 is 50.6 Å². The van der Waals surface area contributed by atoms with Crippen LogP contribution in [0.4, 0.5) is 4.39 Å². The Balaban J connectivity index is 1.47. The molecule has 0 spiro atoms. The Kier molecular flexibility index (Phi) is 5.46. The maximum Gasteiger partial charge on any atom is 0.268 e. The number of fused-ring (bicyclic) bond motifs is 2. The molecule has 0 saturated carbocycles. The van der Waals surface area contributed by atoms with Gasteiger partial charge in [0.15, 0.2) is 10.8 Å². The molecule has 3 aromatic carbocycles. The second kappa shape index (κ2) is 8.66. The molecule has 3 heterocycles. The minimum absolute atomic E-state index is 0.261. The Labute approximate surface area is 213 Å². The van der Waals surface area contributed by atoms with Gasteiger partial charge in [0.05, 0.1) is 23.7 Å². The second-order valence-corrected chi connectivity index (χ2v) is 10.1. The first-order chi connectivity index (χ1) is 17.0. The van der Waals surface area contributed by atoms with Gasteiger partial charge in [0, 0.05) is 20.3 Å². The lowest BCUT2D eigenvalue weighted by molar-refractivity contribution is -0.750. The zero-order valence-corrected chi connectivity index (χ0v) is 20.7. The second-order valence-electron chi connectivity index (χ2n) is 8.10. The van der Waals surface area contributed by atoms with Gasteiger partial charge in [-0.2, -0.15) is 10.8 Å². The maximum absolute atomic E-state index is 16.0. The molecule has 170 valence electrons. The highest BCUT2D eigenvalue weighted by molar-refractivity contribution is 9.10. The van der Waals surface area contributed by atoms with E-state index in [1.54, 1.807) is 24.7 Å². The first kappa shape index (κ1) is 22.1. The van der Waals surface area contributed by atoms with E-state index in [2.05, 4.69) is 25.9 Å². The lowest BCUT2D eigenvalue weighted by Gasteiger charge is -2.26. The van der Waals surface area contributed by atoms with E-state index >= 15 is 4.39 Å². The van der Waals surface area contributed by atoms with Crippen LogP contribution in [0.1, 0.15) is 5.56 Å². The number of aromatic nitrogens is 1. The lowest BCUT2D eigenvalue weighted by atomic mass is 10.1. The number of hydrogen-bond donors (Lipinski definition) is 1. The predicted octanol–water partition coefficient (Wildman–Crippen LogP) is 6.77. The third-order valence-corrected chi connectivity index (χ3v) is 7.43. The summed E-state index contributed by atoms with van der Waals surface area (Å²) in [6.07, 6.45) is 5.00. The van der Waals surface area contributed by atoms with E-state index < -0.39 is 5.82 Å². The normalized spacial score (nSPS) is 18.8. The number of benzene rings is 3. The summed E-state index contributed by atoms with van der Waals surface area (Å²) < 4.78 is 16.8. The zero-order chi connectivity index (χ0) is 24.0. The number of aliphatic imine (C=N–C) groups is 2. The third kappa shape index (κ3) is 3.84. The minimum Gasteiger partial charge on any atom is -0.253 e. The number of thioether (sulfide) groups is 1. The number of allylic oxidation sites excluding steroid dienone is 1. The van der Waals surface area contributed by atoms with Crippen LogP contribution in [0.3, 0.4) is 0 Å². The van der Waals surface area contributed by atoms with Crippen LogP contribution >= 0.6 is 27.7 Å². The maximum atomic E-state index is 16.0. The molecule has 5 nitrogen and oxygen atoms in total. The van der Waals surface area contributed by atoms with Gasteiger partial charge in [0.25, 0.3) is 5.84 Å². The predicted molar refractivity (Wildman–Crippen MR) is 143 cm³/mol. The van der Waals surface area contributed by atoms with Crippen molar-refractivity contribution in [1.29, 1.82) is 0 Å². The molecular weight excluding hydrogens is 525 g/mol. The van der Waals surface area contributed by atoms with Crippen molar-refractivity contribution in [3.63, 3.8) is 0 Å². The van der Waals surface area contributed by atoms with Gasteiger partial charge in [-0.05, 0) is 36.4 Å². The summed E-state index contributed by atoms with van der Waals surface area (Å²) in [5.41, 5.74) is 2.90. The first-order valence-electron chi connectivity index (χ1n) is 10.8. The highest BCUT2D eigenvalue weighted by Crippen LogP contribution is 2.40. The Bertz CT molecular complexity index is 1600. The van der Waals surface area contributed by atoms with E-state index in [4.69, 9.17) is 10.8 Å². The molecule has 6 rings (SSSR count). The standard InChI is InChI=1S/C27H18BrFN5S/c28-19-8-10-20(11-9-19)35-27-23-16-31-14-15-34(23,30)26(33-27)21-12-6-18-7-13-22(32-25(18)24(21)29)17-4-2-1-3-5-17/h1-16H,30H2/q+1. The first-order valence-corrected chi connectivity index (χ1v) is 12.4. The van der Waals surface area contributed by atoms with Crippen molar-refractivity contribution in [3.8, 4) is 11.3 Å². The van der Waals surface area contributed by atoms with Crippen molar-refractivity contribution in [2.24, 2.45) is 15.8 Å². The van der Waals surface area contributed by atoms with Gasteiger partial charge in [-0.3, -0.25) is 4.99 Å². The number of rotatable bonds is 4. The van der Waals surface area contributed by atoms with E-state index in [1.165, 1.54) is 11.8 Å². The van der Waals surface area contributed by atoms with E-state index in [-0.39, 0.29) is 10.1 Å². The smallest absolute Gasteiger partial charge is 0.253 e. The van der Waals surface area contributed by atoms with E-state index in [0.717, 1.165) is 14.9 Å². The number of halogens is 2. The molecule has 0 fully saturated rings. The molecule has 2 aliphatic rings. The Hall–Kier alpha value is -3.43. The molecule has 35 heavy (non-hydrogen) atoms. The van der Waals surface area contributed by atoms with Gasteiger partial charge in [-0.25, -0.2) is 9.37 Å². The molecule has 0 aliphatic carbocycles. The van der Waals surface area contributed by atoms with Gasteiger partial charge in [0.1, 0.15) is 11.7 Å². The molecular formula is C27H18BrFN5S+. The van der Waals surface area contributed by atoms with Gasteiger partial charge >= 0.3 is 0 Å².